The van der Waals surface area contributed by atoms with Crippen LogP contribution < -0.4 is 14.5 Å². The molecule has 0 saturated carbocycles. The van der Waals surface area contributed by atoms with Crippen LogP contribution in [0.5, 0.6) is 11.5 Å². The van der Waals surface area contributed by atoms with Crippen LogP contribution in [0.2, 0.25) is 0 Å². The van der Waals surface area contributed by atoms with Gasteiger partial charge in [-0.05, 0) is 141 Å². The standard InChI is InChI=1S/C73H66N4O/c1-48-39-69(74-46-62(48)50-23-13-10-14-24-50)77-65-30-16-15-27-60(65)61-35-34-57(45-68(61)77)78-56-26-19-25-55(44-56)75-47-76(67-32-18-17-31-66(67)75)70-58(51-33-36-63-64(43-51)73(7,8)38-37-72(63,5)6)28-20-29-59(70)53-40-52(49-21-11-9-12-22-49)41-54(42-53)71(2,3)4/h9-36,39-46H,37-38,47H2,1-8H3/i1D3,15D,16D,27D,30D. The van der Waals surface area contributed by atoms with Crippen LogP contribution in [0.25, 0.3) is 72.1 Å². The highest BCUT2D eigenvalue weighted by atomic mass is 16.5. The van der Waals surface area contributed by atoms with E-state index in [9.17, 15) is 1.37 Å². The number of pyridine rings is 1. The molecule has 0 N–H and O–H groups in total. The first kappa shape index (κ1) is 41.5. The molecule has 5 heteroatoms. The van der Waals surface area contributed by atoms with E-state index in [1.165, 1.54) is 45.6 Å². The van der Waals surface area contributed by atoms with Gasteiger partial charge in [-0.2, -0.15) is 0 Å². The van der Waals surface area contributed by atoms with Gasteiger partial charge in [0, 0.05) is 55.6 Å². The second-order valence-electron chi connectivity index (χ2n) is 23.4. The van der Waals surface area contributed by atoms with Crippen LogP contribution in [-0.2, 0) is 16.2 Å². The van der Waals surface area contributed by atoms with Gasteiger partial charge in [0.25, 0.3) is 0 Å². The summed E-state index contributed by atoms with van der Waals surface area (Å²) in [6.07, 6.45) is 3.77. The number of rotatable bonds is 9. The molecule has 384 valence electrons. The van der Waals surface area contributed by atoms with Crippen molar-refractivity contribution in [2.24, 2.45) is 0 Å². The summed E-state index contributed by atoms with van der Waals surface area (Å²) < 4.78 is 70.1. The first-order valence-electron chi connectivity index (χ1n) is 30.6. The minimum Gasteiger partial charge on any atom is -0.457 e. The number of hydrogen-bond donors (Lipinski definition) is 0. The maximum atomic E-state index is 9.21. The quantitative estimate of drug-likeness (QED) is 0.144. The molecule has 0 atom stereocenters. The maximum Gasteiger partial charge on any atom is 0.137 e. The SMILES string of the molecule is [2H]c1c([2H])c([2H])c2c(c1[2H])c1ccc(Oc3cccc(N4CN(c5c(-c6cc(-c7ccccc7)cc(C(C)(C)C)c6)cccc5-c5ccc6c(c5)C(C)(C)CCC6(C)C)c5ccccc54)c3)cc1n2-c1cc(C([2H])([2H])[2H])c(-c2ccccc2)cn1. The van der Waals surface area contributed by atoms with Gasteiger partial charge >= 0.3 is 0 Å². The molecule has 0 saturated heterocycles. The van der Waals surface area contributed by atoms with Crippen molar-refractivity contribution in [3.63, 3.8) is 0 Å². The number of para-hydroxylation sites is 4. The molecule has 1 aliphatic carbocycles. The van der Waals surface area contributed by atoms with Gasteiger partial charge < -0.3 is 14.5 Å². The third-order valence-electron chi connectivity index (χ3n) is 16.4. The number of aryl methyl sites for hydroxylation is 1. The second kappa shape index (κ2) is 18.8. The first-order chi connectivity index (χ1) is 40.6. The smallest absolute Gasteiger partial charge is 0.137 e. The zero-order chi connectivity index (χ0) is 59.5. The van der Waals surface area contributed by atoms with E-state index in [4.69, 9.17) is 17.9 Å². The van der Waals surface area contributed by atoms with Crippen molar-refractivity contribution in [2.75, 3.05) is 16.5 Å². The van der Waals surface area contributed by atoms with Crippen LogP contribution in [0.4, 0.5) is 22.7 Å². The van der Waals surface area contributed by atoms with Crippen molar-refractivity contribution >= 4 is 44.6 Å². The molecule has 0 spiro atoms. The maximum absolute atomic E-state index is 9.21. The van der Waals surface area contributed by atoms with Crippen molar-refractivity contribution in [2.45, 2.75) is 84.4 Å². The van der Waals surface area contributed by atoms with Crippen molar-refractivity contribution in [3.05, 3.63) is 241 Å². The molecule has 78 heavy (non-hydrogen) atoms. The number of hydrogen-bond acceptors (Lipinski definition) is 4. The zero-order valence-electron chi connectivity index (χ0n) is 52.3. The Kier molecular flexibility index (Phi) is 10.0. The van der Waals surface area contributed by atoms with Gasteiger partial charge in [-0.3, -0.25) is 4.57 Å². The monoisotopic (exact) mass is 1020 g/mol. The lowest BCUT2D eigenvalue weighted by Crippen LogP contribution is -2.33. The lowest BCUT2D eigenvalue weighted by atomic mass is 9.63. The molecule has 2 aliphatic rings. The number of benzene rings is 9. The van der Waals surface area contributed by atoms with Gasteiger partial charge in [0.1, 0.15) is 24.0 Å². The predicted octanol–water partition coefficient (Wildman–Crippen LogP) is 19.8. The fraction of sp³-hybridized carbons (Fsp3) is 0.192. The van der Waals surface area contributed by atoms with Crippen LogP contribution >= 0.6 is 0 Å². The zero-order valence-corrected chi connectivity index (χ0v) is 45.3. The van der Waals surface area contributed by atoms with E-state index in [0.717, 1.165) is 52.3 Å². The first-order valence-corrected chi connectivity index (χ1v) is 27.1. The van der Waals surface area contributed by atoms with Crippen LogP contribution in [0.15, 0.2) is 218 Å². The normalized spacial score (nSPS) is 16.1. The molecule has 1 aliphatic heterocycles. The molecular weight excluding hydrogens is 949 g/mol. The van der Waals surface area contributed by atoms with Gasteiger partial charge in [-0.25, -0.2) is 4.98 Å². The molecule has 11 aromatic rings. The van der Waals surface area contributed by atoms with Crippen molar-refractivity contribution in [1.29, 1.82) is 0 Å². The summed E-state index contributed by atoms with van der Waals surface area (Å²) in [5.74, 6) is 1.18. The number of nitrogens with zero attached hydrogens (tertiary/aromatic N) is 4. The van der Waals surface area contributed by atoms with Gasteiger partial charge in [-0.15, -0.1) is 0 Å². The fourth-order valence-corrected chi connectivity index (χ4v) is 12.0. The summed E-state index contributed by atoms with van der Waals surface area (Å²) >= 11 is 0. The number of ether oxygens (including phenoxy) is 1. The number of fused-ring (bicyclic) bond motifs is 5. The van der Waals surface area contributed by atoms with E-state index < -0.39 is 12.9 Å². The second-order valence-corrected chi connectivity index (χ2v) is 23.4. The Morgan fingerprint density at radius 2 is 1.19 bits per heavy atom. The van der Waals surface area contributed by atoms with E-state index in [2.05, 4.69) is 174 Å². The summed E-state index contributed by atoms with van der Waals surface area (Å²) in [7, 11) is 0. The Bertz CT molecular complexity index is 4470. The summed E-state index contributed by atoms with van der Waals surface area (Å²) in [5, 5.41) is 0.823. The van der Waals surface area contributed by atoms with E-state index in [0.29, 0.717) is 45.6 Å². The van der Waals surface area contributed by atoms with Gasteiger partial charge in [0.15, 0.2) is 0 Å². The Morgan fingerprint density at radius 1 is 0.526 bits per heavy atom. The third-order valence-corrected chi connectivity index (χ3v) is 16.4. The lowest BCUT2D eigenvalue weighted by molar-refractivity contribution is 0.332. The minimum atomic E-state index is -2.54. The third kappa shape index (κ3) is 8.62. The molecule has 13 rings (SSSR count). The minimum absolute atomic E-state index is 0.00573. The van der Waals surface area contributed by atoms with Gasteiger partial charge in [0.05, 0.1) is 33.6 Å². The fourth-order valence-electron chi connectivity index (χ4n) is 12.0. The molecule has 0 unspecified atom stereocenters. The highest BCUT2D eigenvalue weighted by molar-refractivity contribution is 6.09. The molecule has 0 bridgehead atoms. The number of anilines is 4. The van der Waals surface area contributed by atoms with Gasteiger partial charge in [0.2, 0.25) is 0 Å². The van der Waals surface area contributed by atoms with Crippen LogP contribution in [0.3, 0.4) is 0 Å². The molecular formula is C73H66N4O. The Hall–Kier alpha value is -8.67. The molecule has 0 amide bonds. The van der Waals surface area contributed by atoms with E-state index in [1.807, 2.05) is 48.5 Å². The lowest BCUT2D eigenvalue weighted by Gasteiger charge is -2.42. The molecule has 9 aromatic carbocycles. The van der Waals surface area contributed by atoms with Crippen LogP contribution in [0.1, 0.15) is 93.2 Å². The molecule has 5 nitrogen and oxygen atoms in total. The highest BCUT2D eigenvalue weighted by Crippen LogP contribution is 2.53. The number of aromatic nitrogens is 2. The Labute approximate surface area is 469 Å². The van der Waals surface area contributed by atoms with Crippen LogP contribution in [-0.4, -0.2) is 16.2 Å². The Balaban J connectivity index is 0.933. The van der Waals surface area contributed by atoms with Gasteiger partial charge in [-0.1, -0.05) is 194 Å². The molecule has 2 aromatic heterocycles. The van der Waals surface area contributed by atoms with E-state index in [1.54, 1.807) is 22.8 Å². The molecule has 3 heterocycles. The summed E-state index contributed by atoms with van der Waals surface area (Å²) in [5.41, 5.74) is 16.9. The van der Waals surface area contributed by atoms with Crippen LogP contribution in [0, 0.1) is 6.85 Å². The van der Waals surface area contributed by atoms with Crippen molar-refractivity contribution in [1.82, 2.24) is 9.55 Å². The van der Waals surface area contributed by atoms with E-state index in [-0.39, 0.29) is 51.3 Å². The van der Waals surface area contributed by atoms with E-state index >= 15 is 0 Å². The summed E-state index contributed by atoms with van der Waals surface area (Å²) in [4.78, 5) is 9.63. The molecule has 0 fully saturated rings. The largest absolute Gasteiger partial charge is 0.457 e. The average molecular weight is 1020 g/mol. The topological polar surface area (TPSA) is 33.5 Å². The predicted molar refractivity (Wildman–Crippen MR) is 328 cm³/mol. The molecule has 0 radical (unpaired) electrons. The average Bonchev–Trinajstić information content (AvgIpc) is 2.20. The summed E-state index contributed by atoms with van der Waals surface area (Å²) in [6, 6.07) is 63.2. The Morgan fingerprint density at radius 3 is 1.95 bits per heavy atom. The van der Waals surface area contributed by atoms with Crippen molar-refractivity contribution < 1.29 is 14.3 Å². The van der Waals surface area contributed by atoms with Crippen molar-refractivity contribution in [3.8, 4) is 61.8 Å². The highest BCUT2D eigenvalue weighted by Gasteiger charge is 2.38. The summed E-state index contributed by atoms with van der Waals surface area (Å²) in [6.45, 7) is 14.3.